The van der Waals surface area contributed by atoms with Gasteiger partial charge in [0, 0.05) is 34.9 Å². The maximum atomic E-state index is 14.5. The van der Waals surface area contributed by atoms with E-state index < -0.39 is 11.6 Å². The van der Waals surface area contributed by atoms with Crippen LogP contribution in [0.5, 0.6) is 5.75 Å². The SMILES string of the molecule is CC1(C)CC(Nc2nc(Nc3cc(F)cc(OCCn4cncn4)c3)ncc2F)CC(C)(C)N1. The van der Waals surface area contributed by atoms with E-state index in [2.05, 4.69) is 63.7 Å². The highest BCUT2D eigenvalue weighted by molar-refractivity contribution is 5.57. The van der Waals surface area contributed by atoms with Crippen molar-refractivity contribution < 1.29 is 13.5 Å². The number of hydrogen-bond donors (Lipinski definition) is 3. The van der Waals surface area contributed by atoms with Crippen molar-refractivity contribution in [2.75, 3.05) is 17.2 Å². The van der Waals surface area contributed by atoms with Gasteiger partial charge in [0.15, 0.2) is 11.6 Å². The van der Waals surface area contributed by atoms with Gasteiger partial charge in [-0.15, -0.1) is 0 Å². The van der Waals surface area contributed by atoms with Gasteiger partial charge in [-0.05, 0) is 46.6 Å². The Morgan fingerprint density at radius 1 is 1.15 bits per heavy atom. The third kappa shape index (κ3) is 6.37. The number of hydrogen-bond acceptors (Lipinski definition) is 8. The van der Waals surface area contributed by atoms with Crippen LogP contribution in [0.3, 0.4) is 0 Å². The van der Waals surface area contributed by atoms with Gasteiger partial charge in [0.1, 0.15) is 30.8 Å². The second-order valence-electron chi connectivity index (χ2n) is 9.84. The summed E-state index contributed by atoms with van der Waals surface area (Å²) in [6.45, 7) is 9.27. The molecule has 0 radical (unpaired) electrons. The number of rotatable bonds is 8. The van der Waals surface area contributed by atoms with Gasteiger partial charge >= 0.3 is 0 Å². The van der Waals surface area contributed by atoms with Gasteiger partial charge in [0.2, 0.25) is 5.95 Å². The molecule has 1 aliphatic heterocycles. The van der Waals surface area contributed by atoms with E-state index in [1.165, 1.54) is 18.5 Å². The first-order valence-corrected chi connectivity index (χ1v) is 11.2. The van der Waals surface area contributed by atoms with Gasteiger partial charge in [0.05, 0.1) is 12.7 Å². The highest BCUT2D eigenvalue weighted by Gasteiger charge is 2.38. The molecular formula is C23H30F2N8O. The zero-order chi connectivity index (χ0) is 24.3. The van der Waals surface area contributed by atoms with Crippen LogP contribution in [0.15, 0.2) is 37.1 Å². The first-order valence-electron chi connectivity index (χ1n) is 11.2. The molecule has 0 unspecified atom stereocenters. The van der Waals surface area contributed by atoms with E-state index in [0.29, 0.717) is 18.0 Å². The molecule has 0 bridgehead atoms. The Balaban J connectivity index is 1.44. The normalized spacial score (nSPS) is 17.4. The smallest absolute Gasteiger partial charge is 0.229 e. The van der Waals surface area contributed by atoms with E-state index in [4.69, 9.17) is 4.74 Å². The van der Waals surface area contributed by atoms with Crippen LogP contribution in [-0.4, -0.2) is 48.5 Å². The van der Waals surface area contributed by atoms with Crippen molar-refractivity contribution in [1.29, 1.82) is 0 Å². The third-order valence-corrected chi connectivity index (χ3v) is 5.46. The summed E-state index contributed by atoms with van der Waals surface area (Å²) < 4.78 is 35.9. The van der Waals surface area contributed by atoms with E-state index in [0.717, 1.165) is 19.0 Å². The molecule has 0 aliphatic carbocycles. The summed E-state index contributed by atoms with van der Waals surface area (Å²) in [5, 5.41) is 13.8. The molecule has 1 aromatic carbocycles. The number of piperidine rings is 1. The van der Waals surface area contributed by atoms with Crippen LogP contribution in [0.4, 0.5) is 26.2 Å². The Morgan fingerprint density at radius 2 is 1.91 bits per heavy atom. The van der Waals surface area contributed by atoms with Gasteiger partial charge in [-0.25, -0.2) is 23.4 Å². The standard InChI is InChI=1S/C23H30F2N8O/c1-22(2)10-17(11-23(3,4)32-22)29-20-19(25)12-27-21(31-20)30-16-7-15(24)8-18(9-16)34-6-5-33-14-26-13-28-33/h7-9,12-14,17,32H,5-6,10-11H2,1-4H3,(H2,27,29,30,31). The van der Waals surface area contributed by atoms with Crippen molar-refractivity contribution in [3.05, 3.63) is 48.7 Å². The van der Waals surface area contributed by atoms with Crippen molar-refractivity contribution in [1.82, 2.24) is 30.0 Å². The topological polar surface area (TPSA) is 102 Å². The first kappa shape index (κ1) is 23.8. The molecule has 1 aliphatic rings. The summed E-state index contributed by atoms with van der Waals surface area (Å²) in [5.74, 6) is -0.439. The van der Waals surface area contributed by atoms with Crippen LogP contribution in [0.2, 0.25) is 0 Å². The largest absolute Gasteiger partial charge is 0.491 e. The molecule has 1 saturated heterocycles. The Labute approximate surface area is 197 Å². The van der Waals surface area contributed by atoms with Gasteiger partial charge in [-0.1, -0.05) is 0 Å². The summed E-state index contributed by atoms with van der Waals surface area (Å²) in [4.78, 5) is 12.2. The van der Waals surface area contributed by atoms with Crippen LogP contribution < -0.4 is 20.7 Å². The van der Waals surface area contributed by atoms with E-state index in [9.17, 15) is 8.78 Å². The molecule has 3 heterocycles. The Morgan fingerprint density at radius 3 is 2.62 bits per heavy atom. The Kier molecular flexibility index (Phi) is 6.65. The number of anilines is 3. The van der Waals surface area contributed by atoms with Gasteiger partial charge in [-0.2, -0.15) is 10.1 Å². The Bertz CT molecular complexity index is 1100. The summed E-state index contributed by atoms with van der Waals surface area (Å²) in [7, 11) is 0. The van der Waals surface area contributed by atoms with Gasteiger partial charge in [0.25, 0.3) is 0 Å². The molecule has 182 valence electrons. The average Bonchev–Trinajstić information content (AvgIpc) is 3.21. The fourth-order valence-electron chi connectivity index (χ4n) is 4.60. The lowest BCUT2D eigenvalue weighted by Crippen LogP contribution is -2.60. The summed E-state index contributed by atoms with van der Waals surface area (Å²) in [6, 6.07) is 4.23. The van der Waals surface area contributed by atoms with Crippen LogP contribution in [0, 0.1) is 11.6 Å². The molecule has 0 saturated carbocycles. The molecule has 9 nitrogen and oxygen atoms in total. The molecule has 2 aromatic heterocycles. The zero-order valence-corrected chi connectivity index (χ0v) is 19.8. The van der Waals surface area contributed by atoms with Crippen LogP contribution in [0.25, 0.3) is 0 Å². The van der Waals surface area contributed by atoms with Gasteiger partial charge < -0.3 is 20.7 Å². The van der Waals surface area contributed by atoms with Crippen molar-refractivity contribution >= 4 is 17.5 Å². The maximum Gasteiger partial charge on any atom is 0.229 e. The number of nitrogens with one attached hydrogen (secondary N) is 3. The molecule has 4 rings (SSSR count). The highest BCUT2D eigenvalue weighted by Crippen LogP contribution is 2.31. The van der Waals surface area contributed by atoms with Crippen molar-refractivity contribution in [2.24, 2.45) is 0 Å². The lowest BCUT2D eigenvalue weighted by Gasteiger charge is -2.46. The fourth-order valence-corrected chi connectivity index (χ4v) is 4.60. The molecule has 1 fully saturated rings. The quantitative estimate of drug-likeness (QED) is 0.454. The second-order valence-corrected chi connectivity index (χ2v) is 9.84. The summed E-state index contributed by atoms with van der Waals surface area (Å²) >= 11 is 0. The van der Waals surface area contributed by atoms with Crippen molar-refractivity contribution in [2.45, 2.75) is 64.2 Å². The molecule has 0 amide bonds. The van der Waals surface area contributed by atoms with E-state index in [1.54, 1.807) is 17.1 Å². The van der Waals surface area contributed by atoms with Gasteiger partial charge in [-0.3, -0.25) is 0 Å². The minimum Gasteiger partial charge on any atom is -0.491 e. The van der Waals surface area contributed by atoms with Crippen LogP contribution in [0.1, 0.15) is 40.5 Å². The Hall–Kier alpha value is -3.34. The lowest BCUT2D eigenvalue weighted by atomic mass is 9.79. The zero-order valence-electron chi connectivity index (χ0n) is 19.8. The number of ether oxygens (including phenoxy) is 1. The van der Waals surface area contributed by atoms with Crippen molar-refractivity contribution in [3.8, 4) is 5.75 Å². The molecule has 3 aromatic rings. The number of nitrogens with zero attached hydrogens (tertiary/aromatic N) is 5. The number of benzene rings is 1. The third-order valence-electron chi connectivity index (χ3n) is 5.46. The molecule has 0 atom stereocenters. The maximum absolute atomic E-state index is 14.5. The van der Waals surface area contributed by atoms with Crippen LogP contribution in [-0.2, 0) is 6.54 Å². The van der Waals surface area contributed by atoms with E-state index >= 15 is 0 Å². The molecule has 0 spiro atoms. The molecular weight excluding hydrogens is 442 g/mol. The number of aromatic nitrogens is 5. The van der Waals surface area contributed by atoms with E-state index in [1.807, 2.05) is 0 Å². The van der Waals surface area contributed by atoms with Crippen molar-refractivity contribution in [3.63, 3.8) is 0 Å². The minimum absolute atomic E-state index is 0.0302. The molecule has 34 heavy (non-hydrogen) atoms. The van der Waals surface area contributed by atoms with E-state index in [-0.39, 0.29) is 35.5 Å². The van der Waals surface area contributed by atoms with Crippen LogP contribution >= 0.6 is 0 Å². The molecule has 3 N–H and O–H groups in total. The summed E-state index contributed by atoms with van der Waals surface area (Å²) in [5.41, 5.74) is 0.184. The lowest BCUT2D eigenvalue weighted by molar-refractivity contribution is 0.170. The first-order chi connectivity index (χ1) is 16.1. The number of halogens is 2. The predicted octanol–water partition coefficient (Wildman–Crippen LogP) is 3.89. The second kappa shape index (κ2) is 9.49. The summed E-state index contributed by atoms with van der Waals surface area (Å²) in [6.07, 6.45) is 5.72. The average molecular weight is 473 g/mol. The monoisotopic (exact) mass is 472 g/mol. The highest BCUT2D eigenvalue weighted by atomic mass is 19.1. The predicted molar refractivity (Wildman–Crippen MR) is 125 cm³/mol. The fraction of sp³-hybridized carbons (Fsp3) is 0.478. The minimum atomic E-state index is -0.545. The molecule has 11 heteroatoms.